The third-order valence-corrected chi connectivity index (χ3v) is 6.64. The number of hydrogen-bond acceptors (Lipinski definition) is 4. The van der Waals surface area contributed by atoms with Crippen molar-refractivity contribution in [2.45, 2.75) is 24.2 Å². The molecule has 0 aromatic heterocycles. The molecule has 176 valence electrons. The maximum Gasteiger partial charge on any atom is 0.411 e. The number of ether oxygens (including phenoxy) is 1. The minimum absolute atomic E-state index is 0.0971. The first-order chi connectivity index (χ1) is 15.5. The van der Waals surface area contributed by atoms with Gasteiger partial charge in [-0.3, -0.25) is 4.79 Å². The molecule has 0 aliphatic rings. The number of sulfonamides is 1. The van der Waals surface area contributed by atoms with Crippen LogP contribution in [-0.4, -0.2) is 45.0 Å². The van der Waals surface area contributed by atoms with E-state index in [2.05, 4.69) is 10.1 Å². The zero-order valence-electron chi connectivity index (χ0n) is 17.8. The van der Waals surface area contributed by atoms with E-state index < -0.39 is 28.7 Å². The summed E-state index contributed by atoms with van der Waals surface area (Å²) in [5.74, 6) is -0.487. The van der Waals surface area contributed by atoms with Gasteiger partial charge in [0.15, 0.2) is 0 Å². The van der Waals surface area contributed by atoms with Crippen molar-refractivity contribution < 1.29 is 31.1 Å². The molecule has 0 saturated heterocycles. The van der Waals surface area contributed by atoms with Gasteiger partial charge in [-0.25, -0.2) is 8.42 Å². The van der Waals surface area contributed by atoms with Crippen LogP contribution in [0, 0.1) is 0 Å². The molecule has 3 aromatic carbocycles. The largest absolute Gasteiger partial charge is 0.411 e. The van der Waals surface area contributed by atoms with E-state index in [9.17, 15) is 26.4 Å². The second-order valence-electron chi connectivity index (χ2n) is 7.47. The van der Waals surface area contributed by atoms with Crippen LogP contribution >= 0.6 is 0 Å². The Balaban J connectivity index is 1.52. The molecule has 0 bridgehead atoms. The molecule has 0 atom stereocenters. The zero-order valence-corrected chi connectivity index (χ0v) is 18.6. The van der Waals surface area contributed by atoms with Crippen LogP contribution in [0.3, 0.4) is 0 Å². The Morgan fingerprint density at radius 1 is 0.970 bits per heavy atom. The predicted molar refractivity (Wildman–Crippen MR) is 118 cm³/mol. The number of halogens is 3. The molecular weight excluding hydrogens is 457 g/mol. The summed E-state index contributed by atoms with van der Waals surface area (Å²) in [7, 11) is -2.52. The molecule has 0 aliphatic carbocycles. The summed E-state index contributed by atoms with van der Waals surface area (Å²) < 4.78 is 67.6. The molecule has 1 N–H and O–H groups in total. The Labute approximate surface area is 190 Å². The minimum Gasteiger partial charge on any atom is -0.367 e. The number of carbonyl (C=O) groups is 1. The summed E-state index contributed by atoms with van der Waals surface area (Å²) >= 11 is 0. The van der Waals surface area contributed by atoms with Gasteiger partial charge in [0.2, 0.25) is 15.9 Å². The number of nitrogens with one attached hydrogen (secondary N) is 1. The van der Waals surface area contributed by atoms with E-state index in [-0.39, 0.29) is 24.6 Å². The van der Waals surface area contributed by atoms with E-state index in [1.54, 1.807) is 36.4 Å². The standard InChI is InChI=1S/C23H23F3N2O4S/c1-28(33(30,31)21-11-10-19-4-2-3-5-20(19)12-21)14-22(29)27-13-17-6-8-18(9-7-17)15-32-16-23(24,25)26/h2-12H,13-16H2,1H3,(H,27,29). The van der Waals surface area contributed by atoms with E-state index >= 15 is 0 Å². The van der Waals surface area contributed by atoms with Crippen molar-refractivity contribution in [3.8, 4) is 0 Å². The summed E-state index contributed by atoms with van der Waals surface area (Å²) in [6.07, 6.45) is -4.38. The Hall–Kier alpha value is -2.95. The van der Waals surface area contributed by atoms with Gasteiger partial charge in [0.1, 0.15) is 6.61 Å². The first-order valence-corrected chi connectivity index (χ1v) is 11.4. The number of benzene rings is 3. The molecular formula is C23H23F3N2O4S. The fourth-order valence-corrected chi connectivity index (χ4v) is 4.25. The summed E-state index contributed by atoms with van der Waals surface area (Å²) in [5, 5.41) is 4.33. The van der Waals surface area contributed by atoms with Gasteiger partial charge in [-0.15, -0.1) is 0 Å². The lowest BCUT2D eigenvalue weighted by Crippen LogP contribution is -2.38. The van der Waals surface area contributed by atoms with E-state index in [1.807, 2.05) is 24.3 Å². The maximum absolute atomic E-state index is 12.8. The van der Waals surface area contributed by atoms with Gasteiger partial charge in [0.25, 0.3) is 0 Å². The molecule has 1 amide bonds. The number of hydrogen-bond donors (Lipinski definition) is 1. The molecule has 3 rings (SSSR count). The fourth-order valence-electron chi connectivity index (χ4n) is 3.09. The molecule has 0 unspecified atom stereocenters. The summed E-state index contributed by atoms with van der Waals surface area (Å²) in [5.41, 5.74) is 1.28. The lowest BCUT2D eigenvalue weighted by Gasteiger charge is -2.17. The van der Waals surface area contributed by atoms with E-state index in [4.69, 9.17) is 0 Å². The quantitative estimate of drug-likeness (QED) is 0.505. The molecule has 0 spiro atoms. The van der Waals surface area contributed by atoms with Crippen LogP contribution in [0.1, 0.15) is 11.1 Å². The van der Waals surface area contributed by atoms with Crippen LogP contribution in [0.5, 0.6) is 0 Å². The molecule has 33 heavy (non-hydrogen) atoms. The Kier molecular flexibility index (Phi) is 7.72. The molecule has 6 nitrogen and oxygen atoms in total. The average Bonchev–Trinajstić information content (AvgIpc) is 2.77. The van der Waals surface area contributed by atoms with Gasteiger partial charge in [0.05, 0.1) is 18.0 Å². The Morgan fingerprint density at radius 3 is 2.27 bits per heavy atom. The SMILES string of the molecule is CN(CC(=O)NCc1ccc(COCC(F)(F)F)cc1)S(=O)(=O)c1ccc2ccccc2c1. The number of alkyl halides is 3. The van der Waals surface area contributed by atoms with Crippen LogP contribution < -0.4 is 5.32 Å². The zero-order chi connectivity index (χ0) is 24.1. The summed E-state index contributed by atoms with van der Waals surface area (Å²) in [4.78, 5) is 12.4. The number of rotatable bonds is 9. The van der Waals surface area contributed by atoms with Crippen molar-refractivity contribution in [3.63, 3.8) is 0 Å². The number of carbonyl (C=O) groups excluding carboxylic acids is 1. The molecule has 0 radical (unpaired) electrons. The van der Waals surface area contributed by atoms with Gasteiger partial charge in [-0.2, -0.15) is 17.5 Å². The van der Waals surface area contributed by atoms with Crippen LogP contribution in [-0.2, 0) is 32.7 Å². The second-order valence-corrected chi connectivity index (χ2v) is 9.52. The Morgan fingerprint density at radius 2 is 1.61 bits per heavy atom. The first-order valence-electron chi connectivity index (χ1n) is 9.99. The van der Waals surface area contributed by atoms with Crippen molar-refractivity contribution in [1.29, 1.82) is 0 Å². The maximum atomic E-state index is 12.8. The molecule has 3 aromatic rings. The molecule has 0 aliphatic heterocycles. The smallest absolute Gasteiger partial charge is 0.367 e. The van der Waals surface area contributed by atoms with Crippen molar-refractivity contribution in [2.75, 3.05) is 20.2 Å². The van der Waals surface area contributed by atoms with E-state index in [1.165, 1.54) is 13.1 Å². The van der Waals surface area contributed by atoms with Crippen LogP contribution in [0.25, 0.3) is 10.8 Å². The number of amides is 1. The van der Waals surface area contributed by atoms with Gasteiger partial charge < -0.3 is 10.1 Å². The lowest BCUT2D eigenvalue weighted by molar-refractivity contribution is -0.176. The summed E-state index contributed by atoms with van der Waals surface area (Å²) in [6.45, 7) is -1.71. The van der Waals surface area contributed by atoms with Gasteiger partial charge in [0, 0.05) is 13.6 Å². The molecule has 10 heteroatoms. The number of likely N-dealkylation sites (N-methyl/N-ethyl adjacent to an activating group) is 1. The van der Waals surface area contributed by atoms with Crippen molar-refractivity contribution >= 4 is 26.7 Å². The third kappa shape index (κ3) is 7.01. The summed E-state index contributed by atoms with van der Waals surface area (Å²) in [6, 6.07) is 18.7. The van der Waals surface area contributed by atoms with E-state index in [0.717, 1.165) is 15.1 Å². The fraction of sp³-hybridized carbons (Fsp3) is 0.261. The monoisotopic (exact) mass is 480 g/mol. The molecule has 0 saturated carbocycles. The topological polar surface area (TPSA) is 75.7 Å². The van der Waals surface area contributed by atoms with Crippen molar-refractivity contribution in [1.82, 2.24) is 9.62 Å². The predicted octanol–water partition coefficient (Wildman–Crippen LogP) is 3.86. The second kappa shape index (κ2) is 10.3. The van der Waals surface area contributed by atoms with Gasteiger partial charge in [-0.1, -0.05) is 54.6 Å². The third-order valence-electron chi connectivity index (χ3n) is 4.84. The Bertz CT molecular complexity index is 1210. The number of fused-ring (bicyclic) bond motifs is 1. The van der Waals surface area contributed by atoms with Crippen molar-refractivity contribution in [2.24, 2.45) is 0 Å². The normalized spacial score (nSPS) is 12.3. The highest BCUT2D eigenvalue weighted by Crippen LogP contribution is 2.21. The number of nitrogens with zero attached hydrogens (tertiary/aromatic N) is 1. The van der Waals surface area contributed by atoms with Gasteiger partial charge >= 0.3 is 6.18 Å². The highest BCUT2D eigenvalue weighted by Gasteiger charge is 2.27. The highest BCUT2D eigenvalue weighted by molar-refractivity contribution is 7.89. The molecule has 0 heterocycles. The molecule has 0 fully saturated rings. The highest BCUT2D eigenvalue weighted by atomic mass is 32.2. The minimum atomic E-state index is -4.38. The first kappa shape index (κ1) is 24.7. The lowest BCUT2D eigenvalue weighted by atomic mass is 10.1. The van der Waals surface area contributed by atoms with Gasteiger partial charge in [-0.05, 0) is 34.0 Å². The van der Waals surface area contributed by atoms with Crippen LogP contribution in [0.15, 0.2) is 71.6 Å². The average molecular weight is 481 g/mol. The van der Waals surface area contributed by atoms with Crippen LogP contribution in [0.4, 0.5) is 13.2 Å². The van der Waals surface area contributed by atoms with E-state index in [0.29, 0.717) is 11.1 Å². The van der Waals surface area contributed by atoms with Crippen LogP contribution in [0.2, 0.25) is 0 Å². The van der Waals surface area contributed by atoms with Crippen molar-refractivity contribution in [3.05, 3.63) is 77.9 Å².